The van der Waals surface area contributed by atoms with Crippen LogP contribution in [0.4, 0.5) is 0 Å². The molecule has 0 fully saturated rings. The molecule has 0 bridgehead atoms. The Morgan fingerprint density at radius 2 is 1.63 bits per heavy atom. The number of furan rings is 1. The molecule has 0 radical (unpaired) electrons. The van der Waals surface area contributed by atoms with E-state index < -0.39 is 11.7 Å². The summed E-state index contributed by atoms with van der Waals surface area (Å²) in [6.45, 7) is 0. The third-order valence-electron chi connectivity index (χ3n) is 4.31. The molecule has 4 rings (SSSR count). The molecular weight excluding hydrogens is 348 g/mol. The van der Waals surface area contributed by atoms with Gasteiger partial charge in [-0.3, -0.25) is 9.59 Å². The highest BCUT2D eigenvalue weighted by Crippen LogP contribution is 2.30. The van der Waals surface area contributed by atoms with Gasteiger partial charge < -0.3 is 14.6 Å². The smallest absolute Gasteiger partial charge is 0.335 e. The van der Waals surface area contributed by atoms with Gasteiger partial charge in [0.1, 0.15) is 11.5 Å². The Labute approximate surface area is 153 Å². The van der Waals surface area contributed by atoms with Crippen LogP contribution in [0, 0.1) is 0 Å². The number of fused-ring (bicyclic) bond motifs is 1. The summed E-state index contributed by atoms with van der Waals surface area (Å²) in [7, 11) is 0. The number of carboxylic acids is 1. The second kappa shape index (κ2) is 6.10. The Morgan fingerprint density at radius 3 is 2.26 bits per heavy atom. The first-order valence-corrected chi connectivity index (χ1v) is 8.00. The molecule has 0 saturated heterocycles. The van der Waals surface area contributed by atoms with Crippen molar-refractivity contribution in [2.24, 2.45) is 0 Å². The van der Waals surface area contributed by atoms with E-state index in [1.54, 1.807) is 36.4 Å². The number of hydrogen-bond acceptors (Lipinski definition) is 5. The normalized spacial score (nSPS) is 13.0. The van der Waals surface area contributed by atoms with Crippen molar-refractivity contribution in [2.75, 3.05) is 0 Å². The molecule has 0 saturated carbocycles. The topological polar surface area (TPSA) is 108 Å². The standard InChI is InChI=1S/C21H12O6/c22-17-7-5-11(9-15(17)21(25)26)18-8-6-12(27-18)10-16-19(23)13-3-1-2-4-14(13)20(16)24/h1-10,22H,(H,25,26)/p-1. The molecule has 1 aromatic heterocycles. The predicted octanol–water partition coefficient (Wildman–Crippen LogP) is 3.18. The van der Waals surface area contributed by atoms with E-state index in [1.807, 2.05) is 0 Å². The number of benzene rings is 2. The molecule has 0 unspecified atom stereocenters. The van der Waals surface area contributed by atoms with Crippen LogP contribution in [-0.2, 0) is 0 Å². The fourth-order valence-corrected chi connectivity index (χ4v) is 2.98. The molecule has 27 heavy (non-hydrogen) atoms. The van der Waals surface area contributed by atoms with Crippen LogP contribution in [-0.4, -0.2) is 22.6 Å². The van der Waals surface area contributed by atoms with Crippen molar-refractivity contribution < 1.29 is 29.0 Å². The van der Waals surface area contributed by atoms with Crippen molar-refractivity contribution in [3.05, 3.63) is 82.6 Å². The molecule has 132 valence electrons. The van der Waals surface area contributed by atoms with Crippen molar-refractivity contribution >= 4 is 23.6 Å². The summed E-state index contributed by atoms with van der Waals surface area (Å²) in [4.78, 5) is 35.9. The molecular formula is C21H11O6-. The maximum Gasteiger partial charge on any atom is 0.335 e. The molecule has 0 spiro atoms. The van der Waals surface area contributed by atoms with E-state index >= 15 is 0 Å². The van der Waals surface area contributed by atoms with Crippen molar-refractivity contribution in [3.8, 4) is 17.1 Å². The minimum atomic E-state index is -1.32. The quantitative estimate of drug-likeness (QED) is 0.568. The second-order valence-electron chi connectivity index (χ2n) is 5.98. The van der Waals surface area contributed by atoms with Gasteiger partial charge in [-0.1, -0.05) is 42.1 Å². The SMILES string of the molecule is O=C(O)c1cc(-c2ccc(C=C3C(=O)c4ccccc4C3=O)o2)ccc1[O-]. The Hall–Kier alpha value is -3.93. The molecule has 6 heteroatoms. The number of allylic oxidation sites excluding steroid dienone is 1. The highest BCUT2D eigenvalue weighted by atomic mass is 16.4. The molecule has 0 atom stereocenters. The molecule has 1 aliphatic carbocycles. The minimum absolute atomic E-state index is 0.0123. The number of aromatic carboxylic acids is 1. The van der Waals surface area contributed by atoms with Crippen LogP contribution in [0.1, 0.15) is 36.8 Å². The minimum Gasteiger partial charge on any atom is -0.872 e. The Morgan fingerprint density at radius 1 is 0.963 bits per heavy atom. The van der Waals surface area contributed by atoms with Crippen molar-refractivity contribution in [1.82, 2.24) is 0 Å². The van der Waals surface area contributed by atoms with Crippen LogP contribution in [0.3, 0.4) is 0 Å². The summed E-state index contributed by atoms with van der Waals surface area (Å²) in [5, 5.41) is 20.6. The lowest BCUT2D eigenvalue weighted by Gasteiger charge is -2.10. The van der Waals surface area contributed by atoms with Crippen LogP contribution in [0.5, 0.6) is 5.75 Å². The van der Waals surface area contributed by atoms with Gasteiger partial charge in [-0.15, -0.1) is 0 Å². The summed E-state index contributed by atoms with van der Waals surface area (Å²) >= 11 is 0. The first kappa shape index (κ1) is 16.5. The molecule has 1 heterocycles. The zero-order valence-electron chi connectivity index (χ0n) is 13.8. The summed E-state index contributed by atoms with van der Waals surface area (Å²) in [6.07, 6.45) is 1.37. The molecule has 3 aromatic rings. The maximum absolute atomic E-state index is 12.4. The molecule has 6 nitrogen and oxygen atoms in total. The molecule has 2 aromatic carbocycles. The number of carbonyl (C=O) groups is 3. The van der Waals surface area contributed by atoms with E-state index in [0.717, 1.165) is 6.07 Å². The fourth-order valence-electron chi connectivity index (χ4n) is 2.98. The van der Waals surface area contributed by atoms with Gasteiger partial charge >= 0.3 is 5.97 Å². The maximum atomic E-state index is 12.4. The third kappa shape index (κ3) is 2.73. The summed E-state index contributed by atoms with van der Waals surface area (Å²) < 4.78 is 5.63. The van der Waals surface area contributed by atoms with Gasteiger partial charge in [0.2, 0.25) is 0 Å². The number of hydrogen-bond donors (Lipinski definition) is 1. The third-order valence-corrected chi connectivity index (χ3v) is 4.31. The lowest BCUT2D eigenvalue weighted by Crippen LogP contribution is -2.03. The zero-order valence-corrected chi connectivity index (χ0v) is 13.8. The van der Waals surface area contributed by atoms with Gasteiger partial charge in [0.05, 0.1) is 11.1 Å². The van der Waals surface area contributed by atoms with Crippen molar-refractivity contribution in [2.45, 2.75) is 0 Å². The Bertz CT molecular complexity index is 1110. The van der Waals surface area contributed by atoms with E-state index in [0.29, 0.717) is 22.5 Å². The van der Waals surface area contributed by atoms with Gasteiger partial charge in [0.25, 0.3) is 0 Å². The molecule has 1 N–H and O–H groups in total. The Balaban J connectivity index is 1.70. The predicted molar refractivity (Wildman–Crippen MR) is 93.6 cm³/mol. The van der Waals surface area contributed by atoms with Crippen molar-refractivity contribution in [1.29, 1.82) is 0 Å². The van der Waals surface area contributed by atoms with Gasteiger partial charge in [-0.05, 0) is 24.3 Å². The average Bonchev–Trinajstić information content (AvgIpc) is 3.22. The van der Waals surface area contributed by atoms with Crippen molar-refractivity contribution in [3.63, 3.8) is 0 Å². The number of carboxylic acid groups (broad SMARTS) is 1. The van der Waals surface area contributed by atoms with Gasteiger partial charge in [0.15, 0.2) is 11.6 Å². The van der Waals surface area contributed by atoms with E-state index in [1.165, 1.54) is 18.2 Å². The number of ketones is 2. The zero-order chi connectivity index (χ0) is 19.1. The van der Waals surface area contributed by atoms with E-state index in [-0.39, 0.29) is 28.5 Å². The highest BCUT2D eigenvalue weighted by Gasteiger charge is 2.32. The summed E-state index contributed by atoms with van der Waals surface area (Å²) in [5.41, 5.74) is 0.776. The first-order chi connectivity index (χ1) is 13.0. The summed E-state index contributed by atoms with van der Waals surface area (Å²) in [6, 6.07) is 13.6. The Kier molecular flexibility index (Phi) is 3.74. The van der Waals surface area contributed by atoms with Crippen LogP contribution in [0.15, 0.2) is 64.6 Å². The first-order valence-electron chi connectivity index (χ1n) is 8.00. The monoisotopic (exact) mass is 359 g/mol. The second-order valence-corrected chi connectivity index (χ2v) is 5.98. The van der Waals surface area contributed by atoms with Gasteiger partial charge in [-0.25, -0.2) is 4.79 Å². The summed E-state index contributed by atoms with van der Waals surface area (Å²) in [5.74, 6) is -2.05. The average molecular weight is 359 g/mol. The van der Waals surface area contributed by atoms with Gasteiger partial charge in [0, 0.05) is 16.7 Å². The van der Waals surface area contributed by atoms with Crippen LogP contribution in [0.25, 0.3) is 17.4 Å². The largest absolute Gasteiger partial charge is 0.872 e. The van der Waals surface area contributed by atoms with Crippen LogP contribution < -0.4 is 5.11 Å². The lowest BCUT2D eigenvalue weighted by molar-refractivity contribution is -0.268. The highest BCUT2D eigenvalue weighted by molar-refractivity contribution is 6.41. The molecule has 0 aliphatic heterocycles. The van der Waals surface area contributed by atoms with Gasteiger partial charge in [-0.2, -0.15) is 0 Å². The number of Topliss-reactive ketones (excluding diaryl/α,β-unsaturated/α-hetero) is 2. The number of carbonyl (C=O) groups excluding carboxylic acids is 2. The van der Waals surface area contributed by atoms with E-state index in [9.17, 15) is 19.5 Å². The molecule has 0 amide bonds. The number of rotatable bonds is 3. The van der Waals surface area contributed by atoms with E-state index in [2.05, 4.69) is 0 Å². The van der Waals surface area contributed by atoms with Crippen LogP contribution >= 0.6 is 0 Å². The molecule has 1 aliphatic rings. The van der Waals surface area contributed by atoms with Crippen LogP contribution in [0.2, 0.25) is 0 Å². The lowest BCUT2D eigenvalue weighted by atomic mass is 10.1. The van der Waals surface area contributed by atoms with E-state index in [4.69, 9.17) is 9.52 Å². The fraction of sp³-hybridized carbons (Fsp3) is 0.